The number of alkyl halides is 3. The molecule has 0 aromatic heterocycles. The predicted octanol–water partition coefficient (Wildman–Crippen LogP) is 2.32. The monoisotopic (exact) mass is 355 g/mol. The van der Waals surface area contributed by atoms with E-state index >= 15 is 0 Å². The molecule has 134 valence electrons. The second-order valence-corrected chi connectivity index (χ2v) is 6.17. The zero-order chi connectivity index (χ0) is 18.2. The molecule has 2 heterocycles. The van der Waals surface area contributed by atoms with E-state index in [2.05, 4.69) is 5.32 Å². The number of hydrogen-bond acceptors (Lipinski definition) is 3. The topological polar surface area (TPSA) is 69.7 Å². The number of rotatable bonds is 3. The third kappa shape index (κ3) is 3.75. The highest BCUT2D eigenvalue weighted by atomic mass is 19.4. The summed E-state index contributed by atoms with van der Waals surface area (Å²) in [6.07, 6.45) is -3.94. The summed E-state index contributed by atoms with van der Waals surface area (Å²) in [7, 11) is 0. The summed E-state index contributed by atoms with van der Waals surface area (Å²) in [4.78, 5) is 37.8. The Morgan fingerprint density at radius 1 is 1.08 bits per heavy atom. The number of nitrogens with zero attached hydrogens (tertiary/aromatic N) is 2. The van der Waals surface area contributed by atoms with Crippen LogP contribution in [0.15, 0.2) is 24.3 Å². The summed E-state index contributed by atoms with van der Waals surface area (Å²) in [6.45, 7) is 1.09. The van der Waals surface area contributed by atoms with Crippen LogP contribution in [-0.4, -0.2) is 47.3 Å². The summed E-state index contributed by atoms with van der Waals surface area (Å²) in [5, 5.41) is 2.53. The molecule has 1 aromatic rings. The van der Waals surface area contributed by atoms with Crippen molar-refractivity contribution in [3.8, 4) is 0 Å². The molecule has 0 bridgehead atoms. The molecule has 6 nitrogen and oxygen atoms in total. The number of urea groups is 1. The fourth-order valence-electron chi connectivity index (χ4n) is 2.88. The van der Waals surface area contributed by atoms with Crippen molar-refractivity contribution in [2.24, 2.45) is 5.92 Å². The molecule has 0 radical (unpaired) electrons. The third-order valence-electron chi connectivity index (χ3n) is 4.30. The van der Waals surface area contributed by atoms with Crippen molar-refractivity contribution >= 4 is 23.5 Å². The summed E-state index contributed by atoms with van der Waals surface area (Å²) in [5.74, 6) is -0.334. The number of hydrogen-bond donors (Lipinski definition) is 1. The fourth-order valence-corrected chi connectivity index (χ4v) is 2.88. The predicted molar refractivity (Wildman–Crippen MR) is 81.5 cm³/mol. The molecule has 2 aliphatic rings. The van der Waals surface area contributed by atoms with Crippen molar-refractivity contribution in [1.82, 2.24) is 9.80 Å². The first-order chi connectivity index (χ1) is 11.7. The lowest BCUT2D eigenvalue weighted by Crippen LogP contribution is -2.55. The van der Waals surface area contributed by atoms with E-state index in [1.54, 1.807) is 0 Å². The van der Waals surface area contributed by atoms with Gasteiger partial charge in [0.15, 0.2) is 0 Å². The zero-order valence-corrected chi connectivity index (χ0v) is 13.2. The van der Waals surface area contributed by atoms with Crippen molar-refractivity contribution in [3.05, 3.63) is 29.8 Å². The molecule has 2 aliphatic heterocycles. The number of nitrogens with one attached hydrogen (secondary N) is 1. The van der Waals surface area contributed by atoms with Gasteiger partial charge in [0.25, 0.3) is 0 Å². The average molecular weight is 355 g/mol. The Bertz CT molecular complexity index is 681. The van der Waals surface area contributed by atoms with Gasteiger partial charge in [-0.1, -0.05) is 0 Å². The van der Waals surface area contributed by atoms with Gasteiger partial charge in [-0.3, -0.25) is 14.5 Å². The van der Waals surface area contributed by atoms with Gasteiger partial charge in [0.1, 0.15) is 0 Å². The maximum absolute atomic E-state index is 12.5. The van der Waals surface area contributed by atoms with E-state index in [1.165, 1.54) is 21.9 Å². The number of likely N-dealkylation sites (tertiary alicyclic amines) is 2. The van der Waals surface area contributed by atoms with Gasteiger partial charge in [0.2, 0.25) is 11.8 Å². The Morgan fingerprint density at radius 2 is 1.64 bits per heavy atom. The van der Waals surface area contributed by atoms with Gasteiger partial charge in [0, 0.05) is 44.1 Å². The van der Waals surface area contributed by atoms with Gasteiger partial charge in [-0.05, 0) is 24.3 Å². The molecule has 9 heteroatoms. The van der Waals surface area contributed by atoms with Crippen LogP contribution in [0.2, 0.25) is 0 Å². The lowest BCUT2D eigenvalue weighted by molar-refractivity contribution is -0.140. The van der Waals surface area contributed by atoms with Gasteiger partial charge in [-0.15, -0.1) is 0 Å². The van der Waals surface area contributed by atoms with Crippen LogP contribution in [-0.2, 0) is 15.8 Å². The van der Waals surface area contributed by atoms with Crippen LogP contribution < -0.4 is 5.32 Å². The maximum atomic E-state index is 12.5. The molecule has 0 aliphatic carbocycles. The van der Waals surface area contributed by atoms with Crippen LogP contribution >= 0.6 is 0 Å². The summed E-state index contributed by atoms with van der Waals surface area (Å²) >= 11 is 0. The Hall–Kier alpha value is -2.58. The van der Waals surface area contributed by atoms with Crippen molar-refractivity contribution < 1.29 is 27.6 Å². The molecule has 0 unspecified atom stereocenters. The van der Waals surface area contributed by atoms with E-state index in [0.29, 0.717) is 19.6 Å². The first-order valence-electron chi connectivity index (χ1n) is 7.80. The second kappa shape index (κ2) is 6.38. The summed E-state index contributed by atoms with van der Waals surface area (Å²) in [5.41, 5.74) is -0.513. The van der Waals surface area contributed by atoms with Crippen LogP contribution in [0.3, 0.4) is 0 Å². The SMILES string of the molecule is O=C(Nc1ccc(C(F)(F)F)cc1)N1CC(CN2C(=O)CCC2=O)C1. The quantitative estimate of drug-likeness (QED) is 0.846. The van der Waals surface area contributed by atoms with E-state index in [9.17, 15) is 27.6 Å². The minimum atomic E-state index is -4.42. The lowest BCUT2D eigenvalue weighted by atomic mass is 10.00. The number of anilines is 1. The third-order valence-corrected chi connectivity index (χ3v) is 4.30. The molecular formula is C16H16F3N3O3. The maximum Gasteiger partial charge on any atom is 0.416 e. The fraction of sp³-hybridized carbons (Fsp3) is 0.438. The average Bonchev–Trinajstić information content (AvgIpc) is 2.81. The smallest absolute Gasteiger partial charge is 0.324 e. The molecule has 0 atom stereocenters. The second-order valence-electron chi connectivity index (χ2n) is 6.17. The van der Waals surface area contributed by atoms with Crippen LogP contribution in [0, 0.1) is 5.92 Å². The normalized spacial score (nSPS) is 18.5. The molecule has 0 spiro atoms. The van der Waals surface area contributed by atoms with Crippen LogP contribution in [0.4, 0.5) is 23.7 Å². The Morgan fingerprint density at radius 3 is 2.16 bits per heavy atom. The van der Waals surface area contributed by atoms with Gasteiger partial charge < -0.3 is 10.2 Å². The Balaban J connectivity index is 1.47. The highest BCUT2D eigenvalue weighted by molar-refractivity contribution is 6.02. The molecule has 2 saturated heterocycles. The number of benzene rings is 1. The molecular weight excluding hydrogens is 339 g/mol. The van der Waals surface area contributed by atoms with Crippen LogP contribution in [0.1, 0.15) is 18.4 Å². The minimum absolute atomic E-state index is 0.0318. The number of amides is 4. The number of carbonyl (C=O) groups is 3. The Kier molecular flexibility index (Phi) is 4.40. The highest BCUT2D eigenvalue weighted by Gasteiger charge is 2.37. The minimum Gasteiger partial charge on any atom is -0.324 e. The summed E-state index contributed by atoms with van der Waals surface area (Å²) in [6, 6.07) is 3.77. The van der Waals surface area contributed by atoms with Crippen LogP contribution in [0.5, 0.6) is 0 Å². The standard InChI is InChI=1S/C16H16F3N3O3/c17-16(18,19)11-1-3-12(4-2-11)20-15(25)21-7-10(8-21)9-22-13(23)5-6-14(22)24/h1-4,10H,5-9H2,(H,20,25). The molecule has 0 saturated carbocycles. The van der Waals surface area contributed by atoms with Gasteiger partial charge >= 0.3 is 12.2 Å². The zero-order valence-electron chi connectivity index (χ0n) is 13.2. The lowest BCUT2D eigenvalue weighted by Gasteiger charge is -2.40. The van der Waals surface area contributed by atoms with E-state index < -0.39 is 17.8 Å². The number of carbonyl (C=O) groups excluding carboxylic acids is 3. The van der Waals surface area contributed by atoms with Gasteiger partial charge in [-0.2, -0.15) is 13.2 Å². The van der Waals surface area contributed by atoms with Gasteiger partial charge in [0.05, 0.1) is 5.56 Å². The van der Waals surface area contributed by atoms with Crippen LogP contribution in [0.25, 0.3) is 0 Å². The summed E-state index contributed by atoms with van der Waals surface area (Å²) < 4.78 is 37.5. The number of imide groups is 1. The Labute approximate surface area is 141 Å². The molecule has 4 amide bonds. The van der Waals surface area contributed by atoms with Crippen molar-refractivity contribution in [3.63, 3.8) is 0 Å². The van der Waals surface area contributed by atoms with E-state index in [-0.39, 0.29) is 36.3 Å². The van der Waals surface area contributed by atoms with Crippen molar-refractivity contribution in [2.75, 3.05) is 25.0 Å². The van der Waals surface area contributed by atoms with E-state index in [0.717, 1.165) is 12.1 Å². The highest BCUT2D eigenvalue weighted by Crippen LogP contribution is 2.30. The first-order valence-corrected chi connectivity index (χ1v) is 7.80. The molecule has 2 fully saturated rings. The van der Waals surface area contributed by atoms with Gasteiger partial charge in [-0.25, -0.2) is 4.79 Å². The van der Waals surface area contributed by atoms with E-state index in [1.807, 2.05) is 0 Å². The molecule has 1 aromatic carbocycles. The largest absolute Gasteiger partial charge is 0.416 e. The molecule has 3 rings (SSSR count). The van der Waals surface area contributed by atoms with Crippen molar-refractivity contribution in [1.29, 1.82) is 0 Å². The van der Waals surface area contributed by atoms with E-state index in [4.69, 9.17) is 0 Å². The first kappa shape index (κ1) is 17.2. The molecule has 1 N–H and O–H groups in total. The molecule has 25 heavy (non-hydrogen) atoms. The van der Waals surface area contributed by atoms with Crippen molar-refractivity contribution in [2.45, 2.75) is 19.0 Å². The number of halogens is 3.